The third-order valence-electron chi connectivity index (χ3n) is 10.6. The summed E-state index contributed by atoms with van der Waals surface area (Å²) in [5, 5.41) is 13.8. The fourth-order valence-corrected chi connectivity index (χ4v) is 7.32. The minimum Gasteiger partial charge on any atom is -0.387 e. The lowest BCUT2D eigenvalue weighted by atomic mass is 10.0. The second-order valence-corrected chi connectivity index (χ2v) is 19.6. The Morgan fingerprint density at radius 3 is 1.38 bits per heavy atom. The summed E-state index contributed by atoms with van der Waals surface area (Å²) in [5.41, 5.74) is 0. The van der Waals surface area contributed by atoms with E-state index >= 15 is 0 Å². The van der Waals surface area contributed by atoms with Crippen LogP contribution in [-0.2, 0) is 18.4 Å². The van der Waals surface area contributed by atoms with Gasteiger partial charge >= 0.3 is 7.82 Å². The molecule has 0 aromatic rings. The van der Waals surface area contributed by atoms with Gasteiger partial charge in [-0.3, -0.25) is 13.8 Å². The van der Waals surface area contributed by atoms with Crippen molar-refractivity contribution >= 4 is 13.7 Å². The summed E-state index contributed by atoms with van der Waals surface area (Å²) in [5.74, 6) is -0.203. The number of carbonyl (C=O) groups excluding carboxylic acids is 1. The summed E-state index contributed by atoms with van der Waals surface area (Å²) in [7, 11) is 1.52. The number of quaternary nitrogens is 1. The molecule has 66 heavy (non-hydrogen) atoms. The van der Waals surface area contributed by atoms with Crippen LogP contribution in [0.5, 0.6) is 0 Å². The molecule has 3 unspecified atom stereocenters. The Bertz CT molecular complexity index is 1480. The van der Waals surface area contributed by atoms with Crippen LogP contribution in [0.3, 0.4) is 0 Å². The Morgan fingerprint density at radius 1 is 0.530 bits per heavy atom. The van der Waals surface area contributed by atoms with E-state index in [4.69, 9.17) is 9.05 Å². The number of carbonyl (C=O) groups is 1. The zero-order chi connectivity index (χ0) is 48.5. The van der Waals surface area contributed by atoms with Crippen LogP contribution in [0.25, 0.3) is 0 Å². The number of nitrogens with one attached hydrogen (secondary N) is 1. The molecule has 0 aliphatic heterocycles. The summed E-state index contributed by atoms with van der Waals surface area (Å²) in [6.07, 6.45) is 70.1. The van der Waals surface area contributed by atoms with Gasteiger partial charge in [0.25, 0.3) is 0 Å². The predicted octanol–water partition coefficient (Wildman–Crippen LogP) is 15.4. The van der Waals surface area contributed by atoms with E-state index in [1.165, 1.54) is 64.2 Å². The summed E-state index contributed by atoms with van der Waals surface area (Å²) in [6, 6.07) is -0.878. The molecule has 0 aliphatic rings. The number of aliphatic hydroxyl groups excluding tert-OH is 1. The number of hydrogen-bond acceptors (Lipinski definition) is 5. The third-order valence-corrected chi connectivity index (χ3v) is 11.6. The molecular formula is C57H98N2O6P+. The number of unbranched alkanes of at least 4 members (excludes halogenated alkanes) is 14. The second kappa shape index (κ2) is 47.0. The van der Waals surface area contributed by atoms with Crippen molar-refractivity contribution < 1.29 is 32.9 Å². The Hall–Kier alpha value is -3.10. The average molecular weight is 938 g/mol. The summed E-state index contributed by atoms with van der Waals surface area (Å²) in [6.45, 7) is 4.56. The maximum Gasteiger partial charge on any atom is 0.472 e. The molecule has 376 valence electrons. The molecular weight excluding hydrogens is 840 g/mol. The third kappa shape index (κ3) is 48.8. The topological polar surface area (TPSA) is 105 Å². The maximum atomic E-state index is 12.9. The largest absolute Gasteiger partial charge is 0.472 e. The van der Waals surface area contributed by atoms with Crippen LogP contribution in [0.2, 0.25) is 0 Å². The van der Waals surface area contributed by atoms with Gasteiger partial charge in [0.1, 0.15) is 13.2 Å². The molecule has 0 rings (SSSR count). The quantitative estimate of drug-likeness (QED) is 0.0243. The van der Waals surface area contributed by atoms with Gasteiger partial charge in [0.2, 0.25) is 5.91 Å². The van der Waals surface area contributed by atoms with Crippen LogP contribution < -0.4 is 5.32 Å². The van der Waals surface area contributed by atoms with Gasteiger partial charge in [0, 0.05) is 6.42 Å². The Morgan fingerprint density at radius 2 is 0.924 bits per heavy atom. The lowest BCUT2D eigenvalue weighted by Crippen LogP contribution is -2.45. The monoisotopic (exact) mass is 938 g/mol. The van der Waals surface area contributed by atoms with Gasteiger partial charge in [-0.25, -0.2) is 4.57 Å². The van der Waals surface area contributed by atoms with Crippen molar-refractivity contribution in [1.82, 2.24) is 5.32 Å². The van der Waals surface area contributed by atoms with E-state index in [9.17, 15) is 19.4 Å². The van der Waals surface area contributed by atoms with Crippen molar-refractivity contribution in [3.63, 3.8) is 0 Å². The molecule has 3 atom stereocenters. The highest BCUT2D eigenvalue weighted by atomic mass is 31.2. The summed E-state index contributed by atoms with van der Waals surface area (Å²) < 4.78 is 23.5. The first-order chi connectivity index (χ1) is 32.0. The highest BCUT2D eigenvalue weighted by Crippen LogP contribution is 2.43. The van der Waals surface area contributed by atoms with Gasteiger partial charge < -0.3 is 19.8 Å². The highest BCUT2D eigenvalue weighted by Gasteiger charge is 2.27. The molecule has 0 aliphatic carbocycles. The number of aliphatic hydroxyl groups is 1. The van der Waals surface area contributed by atoms with Crippen LogP contribution in [0, 0.1) is 0 Å². The molecule has 3 N–H and O–H groups in total. The normalized spacial score (nSPS) is 15.1. The smallest absolute Gasteiger partial charge is 0.387 e. The molecule has 0 heterocycles. The van der Waals surface area contributed by atoms with Crippen LogP contribution in [0.1, 0.15) is 181 Å². The fourth-order valence-electron chi connectivity index (χ4n) is 6.59. The van der Waals surface area contributed by atoms with Gasteiger partial charge in [0.15, 0.2) is 0 Å². The van der Waals surface area contributed by atoms with E-state index in [1.54, 1.807) is 6.08 Å². The maximum absolute atomic E-state index is 12.9. The molecule has 0 spiro atoms. The lowest BCUT2D eigenvalue weighted by Gasteiger charge is -2.25. The molecule has 0 saturated heterocycles. The van der Waals surface area contributed by atoms with E-state index in [1.807, 2.05) is 27.2 Å². The number of phosphoric ester groups is 1. The molecule has 0 fully saturated rings. The molecule has 0 saturated carbocycles. The zero-order valence-corrected chi connectivity index (χ0v) is 43.5. The van der Waals surface area contributed by atoms with Crippen molar-refractivity contribution in [1.29, 1.82) is 0 Å². The van der Waals surface area contributed by atoms with Crippen LogP contribution in [-0.4, -0.2) is 73.4 Å². The highest BCUT2D eigenvalue weighted by molar-refractivity contribution is 7.47. The molecule has 1 amide bonds. The van der Waals surface area contributed by atoms with E-state index in [2.05, 4.69) is 129 Å². The molecule has 9 heteroatoms. The van der Waals surface area contributed by atoms with E-state index in [0.717, 1.165) is 96.3 Å². The van der Waals surface area contributed by atoms with E-state index in [0.29, 0.717) is 17.4 Å². The van der Waals surface area contributed by atoms with Crippen molar-refractivity contribution in [3.05, 3.63) is 122 Å². The van der Waals surface area contributed by atoms with Gasteiger partial charge in [-0.05, 0) is 96.3 Å². The number of hydrogen-bond donors (Lipinski definition) is 3. The van der Waals surface area contributed by atoms with Gasteiger partial charge in [0.05, 0.1) is 39.9 Å². The molecule has 0 radical (unpaired) electrons. The van der Waals surface area contributed by atoms with Crippen molar-refractivity contribution in [2.45, 2.75) is 193 Å². The summed E-state index contributed by atoms with van der Waals surface area (Å²) in [4.78, 5) is 23.2. The van der Waals surface area contributed by atoms with Crippen molar-refractivity contribution in [2.24, 2.45) is 0 Å². The number of rotatable bonds is 45. The van der Waals surface area contributed by atoms with Crippen LogP contribution >= 0.6 is 7.82 Å². The van der Waals surface area contributed by atoms with Crippen LogP contribution in [0.15, 0.2) is 122 Å². The summed E-state index contributed by atoms with van der Waals surface area (Å²) >= 11 is 0. The first-order valence-corrected chi connectivity index (χ1v) is 27.4. The first kappa shape index (κ1) is 62.9. The standard InChI is InChI=1S/C57H97N2O6P/c1-6-8-10-12-14-16-18-19-20-21-22-23-24-25-26-27-28-29-30-31-32-33-34-35-36-37-38-39-41-43-45-47-49-51-57(61)58-55(54-65-66(62,63)64-53-52-59(3,4)5)56(60)50-48-46-44-42-40-17-15-13-11-9-7-2/h8,10-11,13-14,16,19-20,22-23,25-26,28-29,31-32,40,42,48,50,55-56,60H,6-7,9,12,15,17-18,21,24,27,30,33-39,41,43-47,49,51-54H2,1-5H3,(H-,58,61,62,63)/p+1/b10-8-,13-11+,16-14-,20-19-,23-22-,26-25-,29-28-,32-31-,42-40+,50-48+. The molecule has 0 aromatic heterocycles. The number of phosphoric acid groups is 1. The van der Waals surface area contributed by atoms with E-state index < -0.39 is 20.0 Å². The number of likely N-dealkylation sites (N-methyl/N-ethyl adjacent to an activating group) is 1. The lowest BCUT2D eigenvalue weighted by molar-refractivity contribution is -0.870. The van der Waals surface area contributed by atoms with Crippen molar-refractivity contribution in [3.8, 4) is 0 Å². The first-order valence-electron chi connectivity index (χ1n) is 25.9. The number of allylic oxidation sites excluding steroid dienone is 19. The minimum absolute atomic E-state index is 0.0467. The minimum atomic E-state index is -4.36. The van der Waals surface area contributed by atoms with Gasteiger partial charge in [-0.2, -0.15) is 0 Å². The Kier molecular flexibility index (Phi) is 44.8. The molecule has 0 bridgehead atoms. The van der Waals surface area contributed by atoms with Gasteiger partial charge in [-0.1, -0.05) is 200 Å². The van der Waals surface area contributed by atoms with Gasteiger partial charge in [-0.15, -0.1) is 0 Å². The van der Waals surface area contributed by atoms with Crippen molar-refractivity contribution in [2.75, 3.05) is 40.9 Å². The predicted molar refractivity (Wildman–Crippen MR) is 285 cm³/mol. The number of nitrogens with zero attached hydrogens (tertiary/aromatic N) is 1. The van der Waals surface area contributed by atoms with Crippen LogP contribution in [0.4, 0.5) is 0 Å². The SMILES string of the molecule is CC/C=C\C/C=C\C/C=C\C/C=C\C/C=C\C/C=C\C/C=C\CCCCCCCCCCCCCC(=O)NC(COP(=O)(O)OCC[N+](C)(C)C)C(O)/C=C/CC/C=C/CC/C=C/CCC. The fraction of sp³-hybridized carbons (Fsp3) is 0.632. The van der Waals surface area contributed by atoms with E-state index in [-0.39, 0.29) is 19.1 Å². The Labute approximate surface area is 405 Å². The second-order valence-electron chi connectivity index (χ2n) is 18.1. The molecule has 0 aromatic carbocycles. The zero-order valence-electron chi connectivity index (χ0n) is 42.6. The average Bonchev–Trinajstić information content (AvgIpc) is 3.28. The number of amides is 1. The Balaban J connectivity index is 4.15. The molecule has 8 nitrogen and oxygen atoms in total.